The van der Waals surface area contributed by atoms with Crippen molar-refractivity contribution in [3.63, 3.8) is 0 Å². The Hall–Kier alpha value is -0.650. The van der Waals surface area contributed by atoms with E-state index in [2.05, 4.69) is 16.8 Å². The molecule has 0 bridgehead atoms. The molecule has 0 aromatic rings. The highest BCUT2D eigenvalue weighted by molar-refractivity contribution is 5.75. The monoisotopic (exact) mass is 283 g/mol. The summed E-state index contributed by atoms with van der Waals surface area (Å²) in [5.74, 6) is 0.290. The van der Waals surface area contributed by atoms with Crippen molar-refractivity contribution >= 4 is 5.91 Å². The van der Waals surface area contributed by atoms with Crippen LogP contribution in [0.5, 0.6) is 0 Å². The van der Waals surface area contributed by atoms with Crippen LogP contribution in [0.25, 0.3) is 0 Å². The molecule has 116 valence electrons. The zero-order chi connectivity index (χ0) is 14.4. The Morgan fingerprint density at radius 2 is 2.05 bits per heavy atom. The quantitative estimate of drug-likeness (QED) is 0.717. The summed E-state index contributed by atoms with van der Waals surface area (Å²) in [6.45, 7) is 6.76. The molecule has 2 heterocycles. The van der Waals surface area contributed by atoms with E-state index in [9.17, 15) is 4.79 Å². The predicted molar refractivity (Wildman–Crippen MR) is 79.8 cm³/mol. The van der Waals surface area contributed by atoms with Gasteiger partial charge in [0, 0.05) is 39.1 Å². The number of hydrogen-bond donors (Lipinski definition) is 0. The van der Waals surface area contributed by atoms with Gasteiger partial charge in [0.25, 0.3) is 0 Å². The van der Waals surface area contributed by atoms with Crippen molar-refractivity contribution < 1.29 is 9.53 Å². The highest BCUT2D eigenvalue weighted by atomic mass is 16.5. The minimum Gasteiger partial charge on any atom is -0.379 e. The second-order valence-corrected chi connectivity index (χ2v) is 6.11. The average molecular weight is 283 g/mol. The SMILES string of the molecule is CN(CC1CCCN1C)C(=O)CCCN1CCOCC1. The van der Waals surface area contributed by atoms with Crippen LogP contribution in [0, 0.1) is 0 Å². The molecule has 1 amide bonds. The smallest absolute Gasteiger partial charge is 0.222 e. The Balaban J connectivity index is 1.60. The van der Waals surface area contributed by atoms with Crippen molar-refractivity contribution in [3.05, 3.63) is 0 Å². The lowest BCUT2D eigenvalue weighted by Crippen LogP contribution is -2.40. The van der Waals surface area contributed by atoms with Crippen LogP contribution in [0.3, 0.4) is 0 Å². The van der Waals surface area contributed by atoms with E-state index in [0.717, 1.165) is 45.8 Å². The lowest BCUT2D eigenvalue weighted by molar-refractivity contribution is -0.130. The van der Waals surface area contributed by atoms with Crippen molar-refractivity contribution in [2.75, 3.05) is 60.0 Å². The first-order chi connectivity index (χ1) is 9.66. The molecule has 5 heteroatoms. The van der Waals surface area contributed by atoms with Crippen LogP contribution in [0.15, 0.2) is 0 Å². The Kier molecular flexibility index (Phi) is 6.26. The number of rotatable bonds is 6. The van der Waals surface area contributed by atoms with Gasteiger partial charge in [-0.3, -0.25) is 9.69 Å². The number of amides is 1. The summed E-state index contributed by atoms with van der Waals surface area (Å²) in [5.41, 5.74) is 0. The van der Waals surface area contributed by atoms with Crippen LogP contribution in [-0.2, 0) is 9.53 Å². The summed E-state index contributed by atoms with van der Waals surface area (Å²) in [6, 6.07) is 0.559. The summed E-state index contributed by atoms with van der Waals surface area (Å²) in [5, 5.41) is 0. The Morgan fingerprint density at radius 3 is 2.70 bits per heavy atom. The third-order valence-electron chi connectivity index (χ3n) is 4.55. The predicted octanol–water partition coefficient (Wildman–Crippen LogP) is 0.651. The highest BCUT2D eigenvalue weighted by Gasteiger charge is 2.23. The molecule has 2 aliphatic heterocycles. The van der Waals surface area contributed by atoms with E-state index in [1.807, 2.05) is 11.9 Å². The molecule has 2 saturated heterocycles. The molecule has 0 aliphatic carbocycles. The van der Waals surface area contributed by atoms with Crippen LogP contribution in [0.2, 0.25) is 0 Å². The fourth-order valence-electron chi connectivity index (χ4n) is 3.10. The van der Waals surface area contributed by atoms with Crippen LogP contribution in [0.1, 0.15) is 25.7 Å². The largest absolute Gasteiger partial charge is 0.379 e. The van der Waals surface area contributed by atoms with Crippen LogP contribution in [-0.4, -0.2) is 86.7 Å². The summed E-state index contributed by atoms with van der Waals surface area (Å²) < 4.78 is 5.33. The third-order valence-corrected chi connectivity index (χ3v) is 4.55. The van der Waals surface area contributed by atoms with E-state index in [0.29, 0.717) is 18.4 Å². The fourth-order valence-corrected chi connectivity index (χ4v) is 3.10. The van der Waals surface area contributed by atoms with Crippen LogP contribution in [0.4, 0.5) is 0 Å². The van der Waals surface area contributed by atoms with Gasteiger partial charge in [-0.25, -0.2) is 0 Å². The molecule has 0 N–H and O–H groups in total. The molecule has 0 spiro atoms. The Labute approximate surface area is 122 Å². The fraction of sp³-hybridized carbons (Fsp3) is 0.933. The molecule has 0 aromatic carbocycles. The number of ether oxygens (including phenoxy) is 1. The van der Waals surface area contributed by atoms with Crippen molar-refractivity contribution in [2.45, 2.75) is 31.7 Å². The topological polar surface area (TPSA) is 36.0 Å². The highest BCUT2D eigenvalue weighted by Crippen LogP contribution is 2.15. The average Bonchev–Trinajstić information content (AvgIpc) is 2.85. The van der Waals surface area contributed by atoms with Gasteiger partial charge >= 0.3 is 0 Å². The number of carbonyl (C=O) groups excluding carboxylic acids is 1. The molecular formula is C15H29N3O2. The van der Waals surface area contributed by atoms with Gasteiger partial charge in [-0.1, -0.05) is 0 Å². The van der Waals surface area contributed by atoms with Gasteiger partial charge in [0.05, 0.1) is 13.2 Å². The number of hydrogen-bond acceptors (Lipinski definition) is 4. The summed E-state index contributed by atoms with van der Waals surface area (Å²) >= 11 is 0. The Bertz CT molecular complexity index is 305. The maximum absolute atomic E-state index is 12.1. The van der Waals surface area contributed by atoms with Gasteiger partial charge in [-0.2, -0.15) is 0 Å². The number of likely N-dealkylation sites (N-methyl/N-ethyl adjacent to an activating group) is 2. The molecule has 0 radical (unpaired) electrons. The van der Waals surface area contributed by atoms with Crippen molar-refractivity contribution in [1.29, 1.82) is 0 Å². The molecule has 20 heavy (non-hydrogen) atoms. The zero-order valence-corrected chi connectivity index (χ0v) is 13.0. The second-order valence-electron chi connectivity index (χ2n) is 6.11. The van der Waals surface area contributed by atoms with Gasteiger partial charge < -0.3 is 14.5 Å². The van der Waals surface area contributed by atoms with E-state index < -0.39 is 0 Å². The van der Waals surface area contributed by atoms with Gasteiger partial charge in [0.2, 0.25) is 5.91 Å². The van der Waals surface area contributed by atoms with Crippen molar-refractivity contribution in [3.8, 4) is 0 Å². The standard InChI is InChI=1S/C15H29N3O2/c1-16-7-3-5-14(16)13-17(2)15(19)6-4-8-18-9-11-20-12-10-18/h14H,3-13H2,1-2H3. The molecule has 2 aliphatic rings. The minimum atomic E-state index is 0.290. The lowest BCUT2D eigenvalue weighted by atomic mass is 10.2. The number of likely N-dealkylation sites (tertiary alicyclic amines) is 1. The minimum absolute atomic E-state index is 0.290. The van der Waals surface area contributed by atoms with Gasteiger partial charge in [0.15, 0.2) is 0 Å². The van der Waals surface area contributed by atoms with E-state index in [1.165, 1.54) is 19.4 Å². The molecule has 0 aromatic heterocycles. The first kappa shape index (κ1) is 15.7. The van der Waals surface area contributed by atoms with Crippen LogP contribution >= 0.6 is 0 Å². The van der Waals surface area contributed by atoms with Gasteiger partial charge in [-0.15, -0.1) is 0 Å². The molecule has 2 fully saturated rings. The van der Waals surface area contributed by atoms with E-state index in [4.69, 9.17) is 4.74 Å². The summed E-state index contributed by atoms with van der Waals surface area (Å²) in [4.78, 5) is 18.8. The maximum atomic E-state index is 12.1. The third kappa shape index (κ3) is 4.72. The van der Waals surface area contributed by atoms with E-state index in [-0.39, 0.29) is 0 Å². The van der Waals surface area contributed by atoms with Crippen LogP contribution < -0.4 is 0 Å². The second kappa shape index (κ2) is 7.96. The molecular weight excluding hydrogens is 254 g/mol. The molecule has 5 nitrogen and oxygen atoms in total. The van der Waals surface area contributed by atoms with Gasteiger partial charge in [0.1, 0.15) is 0 Å². The first-order valence-corrected chi connectivity index (χ1v) is 7.91. The zero-order valence-electron chi connectivity index (χ0n) is 13.0. The van der Waals surface area contributed by atoms with E-state index in [1.54, 1.807) is 0 Å². The molecule has 1 atom stereocenters. The Morgan fingerprint density at radius 1 is 1.30 bits per heavy atom. The first-order valence-electron chi connectivity index (χ1n) is 7.91. The summed E-state index contributed by atoms with van der Waals surface area (Å²) in [6.07, 6.45) is 4.12. The number of morpholine rings is 1. The van der Waals surface area contributed by atoms with E-state index >= 15 is 0 Å². The maximum Gasteiger partial charge on any atom is 0.222 e. The molecule has 2 rings (SSSR count). The lowest BCUT2D eigenvalue weighted by Gasteiger charge is -2.28. The number of carbonyl (C=O) groups is 1. The molecule has 1 unspecified atom stereocenters. The van der Waals surface area contributed by atoms with Gasteiger partial charge in [-0.05, 0) is 39.4 Å². The normalized spacial score (nSPS) is 25.0. The van der Waals surface area contributed by atoms with Crippen molar-refractivity contribution in [1.82, 2.24) is 14.7 Å². The number of nitrogens with zero attached hydrogens (tertiary/aromatic N) is 3. The molecule has 0 saturated carbocycles. The summed E-state index contributed by atoms with van der Waals surface area (Å²) in [7, 11) is 4.11. The van der Waals surface area contributed by atoms with Crippen molar-refractivity contribution in [2.24, 2.45) is 0 Å².